The van der Waals surface area contributed by atoms with Gasteiger partial charge in [-0.1, -0.05) is 96.5 Å². The smallest absolute Gasteiger partial charge is 0.135 e. The first kappa shape index (κ1) is 17.6. The van der Waals surface area contributed by atoms with E-state index in [0.717, 1.165) is 44.2 Å². The zero-order chi connectivity index (χ0) is 18.8. The van der Waals surface area contributed by atoms with E-state index in [1.54, 1.807) is 0 Å². The van der Waals surface area contributed by atoms with Gasteiger partial charge in [-0.2, -0.15) is 0 Å². The Morgan fingerprint density at radius 3 is 1.93 bits per heavy atom. The molecule has 0 radical (unpaired) electrons. The van der Waals surface area contributed by atoms with Crippen LogP contribution in [0.2, 0.25) is 0 Å². The molecular formula is C25H21ClO. The predicted octanol–water partition coefficient (Wildman–Crippen LogP) is 7.10. The Kier molecular flexibility index (Phi) is 4.87. The number of hydrogen-bond acceptors (Lipinski definition) is 1. The van der Waals surface area contributed by atoms with Gasteiger partial charge in [-0.05, 0) is 25.0 Å². The fraction of sp³-hybridized carbons (Fsp3) is 0.120. The molecule has 1 aliphatic carbocycles. The minimum absolute atomic E-state index is 0.0521. The van der Waals surface area contributed by atoms with E-state index in [0.29, 0.717) is 0 Å². The molecule has 0 aliphatic heterocycles. The molecule has 1 nitrogen and oxygen atoms in total. The lowest BCUT2D eigenvalue weighted by molar-refractivity contribution is 0.205. The molecule has 0 unspecified atom stereocenters. The van der Waals surface area contributed by atoms with Gasteiger partial charge < -0.3 is 4.74 Å². The van der Waals surface area contributed by atoms with Gasteiger partial charge in [0.1, 0.15) is 5.76 Å². The lowest BCUT2D eigenvalue weighted by Gasteiger charge is -2.19. The van der Waals surface area contributed by atoms with Crippen LogP contribution in [0, 0.1) is 0 Å². The highest BCUT2D eigenvalue weighted by Crippen LogP contribution is 2.51. The van der Waals surface area contributed by atoms with Crippen LogP contribution in [-0.4, -0.2) is 6.10 Å². The number of fused-ring (bicyclic) bond motifs is 1. The van der Waals surface area contributed by atoms with Crippen molar-refractivity contribution in [3.63, 3.8) is 0 Å². The van der Waals surface area contributed by atoms with Gasteiger partial charge in [0.2, 0.25) is 0 Å². The standard InChI is InChI=1S/C25H21ClO/c1-17(2)27-25(19-13-7-4-8-14-19)23-20-15-9-10-16-21(20)24(26)22(23)18-11-5-3-6-12-18/h3-17H,1-2H3/b25-23+. The van der Waals surface area contributed by atoms with Crippen molar-refractivity contribution in [2.24, 2.45) is 0 Å². The third kappa shape index (κ3) is 3.31. The molecule has 0 amide bonds. The largest absolute Gasteiger partial charge is 0.490 e. The minimum atomic E-state index is 0.0521. The molecule has 27 heavy (non-hydrogen) atoms. The molecule has 0 spiro atoms. The van der Waals surface area contributed by atoms with Crippen molar-refractivity contribution >= 4 is 33.5 Å². The van der Waals surface area contributed by atoms with Crippen molar-refractivity contribution in [1.29, 1.82) is 0 Å². The second-order valence-electron chi connectivity index (χ2n) is 6.84. The summed E-state index contributed by atoms with van der Waals surface area (Å²) >= 11 is 6.90. The maximum Gasteiger partial charge on any atom is 0.135 e. The molecule has 0 atom stereocenters. The lowest BCUT2D eigenvalue weighted by Crippen LogP contribution is -2.05. The van der Waals surface area contributed by atoms with Crippen LogP contribution in [0.3, 0.4) is 0 Å². The van der Waals surface area contributed by atoms with Crippen molar-refractivity contribution < 1.29 is 4.74 Å². The Morgan fingerprint density at radius 1 is 0.741 bits per heavy atom. The summed E-state index contributed by atoms with van der Waals surface area (Å²) in [7, 11) is 0. The fourth-order valence-corrected chi connectivity index (χ4v) is 3.85. The molecule has 0 N–H and O–H groups in total. The minimum Gasteiger partial charge on any atom is -0.490 e. The third-order valence-corrected chi connectivity index (χ3v) is 4.97. The molecule has 134 valence electrons. The van der Waals surface area contributed by atoms with Crippen LogP contribution >= 0.6 is 11.6 Å². The number of rotatable bonds is 4. The van der Waals surface area contributed by atoms with Crippen molar-refractivity contribution in [3.8, 4) is 0 Å². The fourth-order valence-electron chi connectivity index (χ4n) is 3.48. The van der Waals surface area contributed by atoms with E-state index in [-0.39, 0.29) is 6.10 Å². The average molecular weight is 373 g/mol. The number of benzene rings is 3. The highest BCUT2D eigenvalue weighted by atomic mass is 35.5. The average Bonchev–Trinajstić information content (AvgIpc) is 3.00. The van der Waals surface area contributed by atoms with Gasteiger partial charge >= 0.3 is 0 Å². The zero-order valence-corrected chi connectivity index (χ0v) is 16.2. The first-order valence-electron chi connectivity index (χ1n) is 9.18. The van der Waals surface area contributed by atoms with Crippen LogP contribution in [0.5, 0.6) is 0 Å². The highest BCUT2D eigenvalue weighted by Gasteiger charge is 2.30. The van der Waals surface area contributed by atoms with E-state index in [1.807, 2.05) is 42.5 Å². The van der Waals surface area contributed by atoms with Crippen molar-refractivity contribution in [1.82, 2.24) is 0 Å². The summed E-state index contributed by atoms with van der Waals surface area (Å²) in [4.78, 5) is 0. The van der Waals surface area contributed by atoms with Crippen molar-refractivity contribution in [3.05, 3.63) is 107 Å². The molecule has 0 bridgehead atoms. The number of hydrogen-bond donors (Lipinski definition) is 0. The molecule has 4 rings (SSSR count). The normalized spacial score (nSPS) is 15.1. The van der Waals surface area contributed by atoms with Crippen LogP contribution in [-0.2, 0) is 4.74 Å². The maximum atomic E-state index is 6.90. The summed E-state index contributed by atoms with van der Waals surface area (Å²) in [6.07, 6.45) is 0.0521. The Balaban J connectivity index is 2.05. The van der Waals surface area contributed by atoms with Gasteiger partial charge in [-0.3, -0.25) is 0 Å². The Labute approximate surface area is 165 Å². The summed E-state index contributed by atoms with van der Waals surface area (Å²) in [5.41, 5.74) is 6.39. The van der Waals surface area contributed by atoms with Crippen molar-refractivity contribution in [2.45, 2.75) is 20.0 Å². The van der Waals surface area contributed by atoms with Gasteiger partial charge in [-0.15, -0.1) is 0 Å². The molecule has 1 aliphatic rings. The molecule has 0 saturated carbocycles. The van der Waals surface area contributed by atoms with E-state index in [2.05, 4.69) is 56.3 Å². The first-order valence-corrected chi connectivity index (χ1v) is 9.56. The second kappa shape index (κ2) is 7.46. The van der Waals surface area contributed by atoms with E-state index >= 15 is 0 Å². The summed E-state index contributed by atoms with van der Waals surface area (Å²) < 4.78 is 6.36. The third-order valence-electron chi connectivity index (χ3n) is 4.58. The van der Waals surface area contributed by atoms with E-state index in [1.165, 1.54) is 0 Å². The van der Waals surface area contributed by atoms with Gasteiger partial charge in [0.05, 0.1) is 11.1 Å². The van der Waals surface area contributed by atoms with Gasteiger partial charge in [-0.25, -0.2) is 0 Å². The highest BCUT2D eigenvalue weighted by molar-refractivity contribution is 6.58. The second-order valence-corrected chi connectivity index (χ2v) is 7.22. The maximum absolute atomic E-state index is 6.90. The SMILES string of the molecule is CC(C)O/C(=C1/C(c2ccccc2)=C(Cl)c2ccccc21)c1ccccc1. The van der Waals surface area contributed by atoms with E-state index in [4.69, 9.17) is 16.3 Å². The summed E-state index contributed by atoms with van der Waals surface area (Å²) in [6, 6.07) is 28.8. The number of halogens is 1. The van der Waals surface area contributed by atoms with Gasteiger partial charge in [0.25, 0.3) is 0 Å². The van der Waals surface area contributed by atoms with E-state index < -0.39 is 0 Å². The van der Waals surface area contributed by atoms with Gasteiger partial charge in [0.15, 0.2) is 0 Å². The zero-order valence-electron chi connectivity index (χ0n) is 15.4. The summed E-state index contributed by atoms with van der Waals surface area (Å²) in [5, 5.41) is 0.771. The molecular weight excluding hydrogens is 352 g/mol. The molecule has 0 aromatic heterocycles. The molecule has 2 heteroatoms. The predicted molar refractivity (Wildman–Crippen MR) is 115 cm³/mol. The van der Waals surface area contributed by atoms with E-state index in [9.17, 15) is 0 Å². The Morgan fingerprint density at radius 2 is 1.30 bits per heavy atom. The topological polar surface area (TPSA) is 9.23 Å². The summed E-state index contributed by atoms with van der Waals surface area (Å²) in [6.45, 7) is 4.11. The lowest BCUT2D eigenvalue weighted by atomic mass is 9.94. The van der Waals surface area contributed by atoms with Crippen LogP contribution < -0.4 is 0 Å². The molecule has 0 heterocycles. The summed E-state index contributed by atoms with van der Waals surface area (Å²) in [5.74, 6) is 0.868. The molecule has 3 aromatic rings. The van der Waals surface area contributed by atoms with Crippen LogP contribution in [0.1, 0.15) is 36.1 Å². The van der Waals surface area contributed by atoms with Crippen LogP contribution in [0.15, 0.2) is 84.9 Å². The van der Waals surface area contributed by atoms with Crippen molar-refractivity contribution in [2.75, 3.05) is 0 Å². The monoisotopic (exact) mass is 372 g/mol. The quantitative estimate of drug-likeness (QED) is 0.444. The van der Waals surface area contributed by atoms with Gasteiger partial charge in [0, 0.05) is 22.3 Å². The van der Waals surface area contributed by atoms with Crippen LogP contribution in [0.25, 0.3) is 21.9 Å². The van der Waals surface area contributed by atoms with Crippen LogP contribution in [0.4, 0.5) is 0 Å². The number of ether oxygens (including phenoxy) is 1. The first-order chi connectivity index (χ1) is 13.2. The molecule has 0 saturated heterocycles. The Bertz CT molecular complexity index is 1010. The number of allylic oxidation sites excluding steroid dienone is 2. The molecule has 0 fully saturated rings. The molecule has 3 aromatic carbocycles. The Hall–Kier alpha value is -2.77.